The predicted octanol–water partition coefficient (Wildman–Crippen LogP) is 7.32. The van der Waals surface area contributed by atoms with Crippen molar-refractivity contribution in [3.05, 3.63) is 57.0 Å². The van der Waals surface area contributed by atoms with Gasteiger partial charge >= 0.3 is 0 Å². The van der Waals surface area contributed by atoms with E-state index in [1.54, 1.807) is 23.1 Å². The Kier molecular flexibility index (Phi) is 5.69. The fourth-order valence-electron chi connectivity index (χ4n) is 4.67. The summed E-state index contributed by atoms with van der Waals surface area (Å²) in [7, 11) is 0. The molecular weight excluding hydrogens is 493 g/mol. The standard InChI is InChI=1S/C24H21Cl2N5S2/c1-2-3-10-18-13-6-4-7-14(13)19-20-21(33-23(19)28-18)22-29-30-24(31(22)12-27-20)32-11-15-16(25)8-5-9-17(15)26/h5,8-9,12H,2-4,6-7,10-11H2,1H3. The molecule has 9 heteroatoms. The fraction of sp³-hybridized carbons (Fsp3) is 0.333. The zero-order valence-electron chi connectivity index (χ0n) is 18.1. The zero-order valence-corrected chi connectivity index (χ0v) is 21.2. The van der Waals surface area contributed by atoms with Crippen molar-refractivity contribution < 1.29 is 0 Å². The van der Waals surface area contributed by atoms with E-state index in [0.29, 0.717) is 15.8 Å². The molecule has 0 unspecified atom stereocenters. The smallest absolute Gasteiger partial charge is 0.197 e. The minimum absolute atomic E-state index is 0.611. The molecular formula is C24H21Cl2N5S2. The molecule has 5 nitrogen and oxygen atoms in total. The summed E-state index contributed by atoms with van der Waals surface area (Å²) in [6, 6.07) is 5.56. The van der Waals surface area contributed by atoms with Crippen LogP contribution in [0.5, 0.6) is 0 Å². The quantitative estimate of drug-likeness (QED) is 0.222. The van der Waals surface area contributed by atoms with Gasteiger partial charge in [-0.3, -0.25) is 4.40 Å². The summed E-state index contributed by atoms with van der Waals surface area (Å²) in [4.78, 5) is 11.1. The molecule has 0 amide bonds. The molecule has 4 heterocycles. The summed E-state index contributed by atoms with van der Waals surface area (Å²) in [5, 5.41) is 12.3. The first kappa shape index (κ1) is 21.6. The van der Waals surface area contributed by atoms with Crippen LogP contribution in [0.2, 0.25) is 10.0 Å². The molecule has 0 saturated carbocycles. The molecule has 1 aliphatic carbocycles. The maximum atomic E-state index is 6.34. The molecule has 0 saturated heterocycles. The number of hydrogen-bond acceptors (Lipinski definition) is 6. The van der Waals surface area contributed by atoms with Gasteiger partial charge in [-0.25, -0.2) is 9.97 Å². The summed E-state index contributed by atoms with van der Waals surface area (Å²) < 4.78 is 3.02. The normalized spacial score (nSPS) is 13.5. The molecule has 5 aromatic rings. The number of pyridine rings is 1. The van der Waals surface area contributed by atoms with E-state index in [2.05, 4.69) is 17.1 Å². The van der Waals surface area contributed by atoms with Crippen molar-refractivity contribution in [1.82, 2.24) is 24.6 Å². The fourth-order valence-corrected chi connectivity index (χ4v) is 7.47. The average Bonchev–Trinajstić information content (AvgIpc) is 3.53. The van der Waals surface area contributed by atoms with Crippen LogP contribution in [0.25, 0.3) is 26.1 Å². The number of fused-ring (bicyclic) bond motifs is 7. The van der Waals surface area contributed by atoms with E-state index in [9.17, 15) is 0 Å². The summed E-state index contributed by atoms with van der Waals surface area (Å²) in [6.07, 6.45) is 8.70. The van der Waals surface area contributed by atoms with Gasteiger partial charge in [0.2, 0.25) is 0 Å². The van der Waals surface area contributed by atoms with Crippen molar-refractivity contribution >= 4 is 72.4 Å². The molecule has 0 atom stereocenters. The first-order valence-corrected chi connectivity index (χ1v) is 13.7. The Bertz CT molecular complexity index is 1500. The van der Waals surface area contributed by atoms with E-state index < -0.39 is 0 Å². The Morgan fingerprint density at radius 2 is 1.94 bits per heavy atom. The lowest BCUT2D eigenvalue weighted by atomic mass is 10.0. The third-order valence-electron chi connectivity index (χ3n) is 6.31. The van der Waals surface area contributed by atoms with Crippen molar-refractivity contribution in [3.63, 3.8) is 0 Å². The van der Waals surface area contributed by atoms with Crippen LogP contribution in [-0.2, 0) is 25.0 Å². The Morgan fingerprint density at radius 1 is 1.12 bits per heavy atom. The predicted molar refractivity (Wildman–Crippen MR) is 138 cm³/mol. The van der Waals surface area contributed by atoms with Crippen LogP contribution < -0.4 is 0 Å². The lowest BCUT2D eigenvalue weighted by molar-refractivity contribution is 0.770. The van der Waals surface area contributed by atoms with E-state index in [4.69, 9.17) is 33.2 Å². The summed E-state index contributed by atoms with van der Waals surface area (Å²) in [5.41, 5.74) is 6.95. The summed E-state index contributed by atoms with van der Waals surface area (Å²) in [5.74, 6) is 0.611. The molecule has 0 radical (unpaired) electrons. The first-order valence-electron chi connectivity index (χ1n) is 11.2. The second-order valence-corrected chi connectivity index (χ2v) is 11.1. The Labute approximate surface area is 209 Å². The highest BCUT2D eigenvalue weighted by Crippen LogP contribution is 2.41. The number of aryl methyl sites for hydroxylation is 2. The second kappa shape index (κ2) is 8.69. The molecule has 4 aromatic heterocycles. The minimum atomic E-state index is 0.611. The molecule has 0 aliphatic heterocycles. The Hall–Kier alpha value is -1.93. The number of halogens is 2. The molecule has 1 aliphatic rings. The average molecular weight is 515 g/mol. The van der Waals surface area contributed by atoms with Crippen LogP contribution >= 0.6 is 46.3 Å². The number of hydrogen-bond donors (Lipinski definition) is 0. The lowest BCUT2D eigenvalue weighted by Crippen LogP contribution is -1.98. The number of aromatic nitrogens is 5. The van der Waals surface area contributed by atoms with Crippen LogP contribution in [0.3, 0.4) is 0 Å². The maximum Gasteiger partial charge on any atom is 0.197 e. The van der Waals surface area contributed by atoms with E-state index in [-0.39, 0.29) is 0 Å². The third kappa shape index (κ3) is 3.60. The van der Waals surface area contributed by atoms with E-state index in [0.717, 1.165) is 50.7 Å². The lowest BCUT2D eigenvalue weighted by Gasteiger charge is -2.08. The number of unbranched alkanes of at least 4 members (excludes halogenated alkanes) is 1. The van der Waals surface area contributed by atoms with E-state index in [1.807, 2.05) is 28.9 Å². The van der Waals surface area contributed by atoms with Gasteiger partial charge < -0.3 is 0 Å². The molecule has 6 rings (SSSR count). The van der Waals surface area contributed by atoms with Gasteiger partial charge in [-0.05, 0) is 60.9 Å². The monoisotopic (exact) mass is 513 g/mol. The topological polar surface area (TPSA) is 56.0 Å². The van der Waals surface area contributed by atoms with Crippen LogP contribution in [-0.4, -0.2) is 24.6 Å². The first-order chi connectivity index (χ1) is 16.2. The number of rotatable bonds is 6. The number of thioether (sulfide) groups is 1. The van der Waals surface area contributed by atoms with Gasteiger partial charge in [0.25, 0.3) is 0 Å². The van der Waals surface area contributed by atoms with Gasteiger partial charge in [-0.15, -0.1) is 21.5 Å². The van der Waals surface area contributed by atoms with Crippen LogP contribution in [0.4, 0.5) is 0 Å². The van der Waals surface area contributed by atoms with Crippen molar-refractivity contribution in [2.24, 2.45) is 0 Å². The largest absolute Gasteiger partial charge is 0.259 e. The third-order valence-corrected chi connectivity index (χ3v) is 9.06. The summed E-state index contributed by atoms with van der Waals surface area (Å²) in [6.45, 7) is 2.24. The van der Waals surface area contributed by atoms with Crippen molar-refractivity contribution in [1.29, 1.82) is 0 Å². The van der Waals surface area contributed by atoms with Gasteiger partial charge in [0.15, 0.2) is 10.8 Å². The molecule has 33 heavy (non-hydrogen) atoms. The molecule has 0 N–H and O–H groups in total. The van der Waals surface area contributed by atoms with Crippen LogP contribution in [0.15, 0.2) is 29.7 Å². The van der Waals surface area contributed by atoms with Crippen LogP contribution in [0.1, 0.15) is 48.6 Å². The van der Waals surface area contributed by atoms with Gasteiger partial charge in [-0.1, -0.05) is 54.4 Å². The molecule has 0 fully saturated rings. The second-order valence-electron chi connectivity index (χ2n) is 8.34. The Balaban J connectivity index is 1.44. The van der Waals surface area contributed by atoms with E-state index in [1.165, 1.54) is 41.5 Å². The van der Waals surface area contributed by atoms with Gasteiger partial charge in [0, 0.05) is 26.9 Å². The highest BCUT2D eigenvalue weighted by atomic mass is 35.5. The Morgan fingerprint density at radius 3 is 2.76 bits per heavy atom. The molecule has 168 valence electrons. The molecule has 1 aromatic carbocycles. The maximum absolute atomic E-state index is 6.34. The summed E-state index contributed by atoms with van der Waals surface area (Å²) >= 11 is 15.9. The molecule has 0 bridgehead atoms. The van der Waals surface area contributed by atoms with Crippen LogP contribution in [0, 0.1) is 0 Å². The highest BCUT2D eigenvalue weighted by Gasteiger charge is 2.24. The van der Waals surface area contributed by atoms with Crippen molar-refractivity contribution in [2.45, 2.75) is 56.4 Å². The highest BCUT2D eigenvalue weighted by molar-refractivity contribution is 7.98. The number of nitrogens with zero attached hydrogens (tertiary/aromatic N) is 5. The molecule has 0 spiro atoms. The number of thiophene rings is 1. The van der Waals surface area contributed by atoms with E-state index >= 15 is 0 Å². The SMILES string of the molecule is CCCCc1nc2sc3c(ncn4c(SCc5c(Cl)cccc5Cl)nnc34)c2c2c1CCC2. The number of benzene rings is 1. The zero-order chi connectivity index (χ0) is 22.5. The van der Waals surface area contributed by atoms with Crippen molar-refractivity contribution in [3.8, 4) is 0 Å². The van der Waals surface area contributed by atoms with Gasteiger partial charge in [0.1, 0.15) is 15.9 Å². The minimum Gasteiger partial charge on any atom is -0.259 e. The van der Waals surface area contributed by atoms with Gasteiger partial charge in [0.05, 0.1) is 5.52 Å². The van der Waals surface area contributed by atoms with Gasteiger partial charge in [-0.2, -0.15) is 0 Å². The van der Waals surface area contributed by atoms with Crippen molar-refractivity contribution in [2.75, 3.05) is 0 Å².